The second kappa shape index (κ2) is 6.85. The highest BCUT2D eigenvalue weighted by Crippen LogP contribution is 2.42. The van der Waals surface area contributed by atoms with Gasteiger partial charge in [0.1, 0.15) is 11.5 Å². The zero-order valence-corrected chi connectivity index (χ0v) is 15.6. The first-order valence-electron chi connectivity index (χ1n) is 8.86. The van der Waals surface area contributed by atoms with Crippen molar-refractivity contribution in [1.82, 2.24) is 0 Å². The number of hydrogen-bond donors (Lipinski definition) is 1. The molecule has 4 rings (SSSR count). The highest BCUT2D eigenvalue weighted by atomic mass is 16.5. The van der Waals surface area contributed by atoms with E-state index in [2.05, 4.69) is 5.32 Å². The van der Waals surface area contributed by atoms with Gasteiger partial charge >= 0.3 is 0 Å². The van der Waals surface area contributed by atoms with Gasteiger partial charge in [-0.3, -0.25) is 9.59 Å². The number of hydrogen-bond acceptors (Lipinski definition) is 5. The first-order valence-corrected chi connectivity index (χ1v) is 8.86. The van der Waals surface area contributed by atoms with Gasteiger partial charge in [0.15, 0.2) is 5.54 Å². The van der Waals surface area contributed by atoms with Crippen LogP contribution in [0, 0.1) is 0 Å². The first kappa shape index (κ1) is 17.8. The third kappa shape index (κ3) is 2.55. The van der Waals surface area contributed by atoms with Gasteiger partial charge in [0.2, 0.25) is 11.6 Å². The number of rotatable bonds is 5. The first-order chi connectivity index (χ1) is 13.6. The predicted molar refractivity (Wildman–Crippen MR) is 106 cm³/mol. The van der Waals surface area contributed by atoms with Crippen LogP contribution >= 0.6 is 0 Å². The Bertz CT molecular complexity index is 1020. The molecule has 0 radical (unpaired) electrons. The predicted octanol–water partition coefficient (Wildman–Crippen LogP) is 4.09. The van der Waals surface area contributed by atoms with Crippen LogP contribution in [0.1, 0.15) is 26.3 Å². The molecule has 3 aromatic carbocycles. The Kier molecular flexibility index (Phi) is 4.35. The van der Waals surface area contributed by atoms with Gasteiger partial charge in [-0.15, -0.1) is 0 Å². The van der Waals surface area contributed by atoms with Crippen LogP contribution in [0.4, 0.5) is 5.69 Å². The summed E-state index contributed by atoms with van der Waals surface area (Å²) in [6.45, 7) is 0. The van der Waals surface area contributed by atoms with Crippen LogP contribution in [-0.4, -0.2) is 25.8 Å². The molecule has 1 aliphatic carbocycles. The number of anilines is 1. The van der Waals surface area contributed by atoms with Gasteiger partial charge < -0.3 is 14.8 Å². The van der Waals surface area contributed by atoms with Crippen molar-refractivity contribution in [3.05, 3.63) is 89.5 Å². The van der Waals surface area contributed by atoms with Gasteiger partial charge in [0, 0.05) is 17.2 Å². The van der Waals surface area contributed by atoms with Crippen LogP contribution in [0.5, 0.6) is 11.5 Å². The number of methoxy groups -OCH3 is 2. The summed E-state index contributed by atoms with van der Waals surface area (Å²) in [5.41, 5.74) is 0.390. The summed E-state index contributed by atoms with van der Waals surface area (Å²) in [4.78, 5) is 27.0. The van der Waals surface area contributed by atoms with Gasteiger partial charge in [-0.1, -0.05) is 54.6 Å². The van der Waals surface area contributed by atoms with E-state index in [1.54, 1.807) is 61.7 Å². The van der Waals surface area contributed by atoms with Crippen molar-refractivity contribution in [3.8, 4) is 11.5 Å². The lowest BCUT2D eigenvalue weighted by molar-refractivity contribution is 0.0818. The molecule has 140 valence electrons. The average Bonchev–Trinajstić information content (AvgIpc) is 2.97. The molecule has 0 saturated heterocycles. The summed E-state index contributed by atoms with van der Waals surface area (Å²) in [5, 5.41) is 3.21. The van der Waals surface area contributed by atoms with Crippen molar-refractivity contribution in [1.29, 1.82) is 0 Å². The topological polar surface area (TPSA) is 64.6 Å². The minimum absolute atomic E-state index is 0.280. The van der Waals surface area contributed by atoms with E-state index in [1.807, 2.05) is 18.2 Å². The third-order valence-corrected chi connectivity index (χ3v) is 5.04. The Hall–Kier alpha value is -3.60. The van der Waals surface area contributed by atoms with Crippen molar-refractivity contribution in [3.63, 3.8) is 0 Å². The largest absolute Gasteiger partial charge is 0.497 e. The maximum absolute atomic E-state index is 13.5. The van der Waals surface area contributed by atoms with Crippen molar-refractivity contribution >= 4 is 17.3 Å². The molecule has 3 aromatic rings. The van der Waals surface area contributed by atoms with Crippen LogP contribution in [0.25, 0.3) is 0 Å². The molecular formula is C23H19NO4. The molecule has 0 heterocycles. The van der Waals surface area contributed by atoms with Gasteiger partial charge in [-0.25, -0.2) is 0 Å². The third-order valence-electron chi connectivity index (χ3n) is 5.04. The summed E-state index contributed by atoms with van der Waals surface area (Å²) in [6.07, 6.45) is 0. The average molecular weight is 373 g/mol. The quantitative estimate of drug-likeness (QED) is 0.683. The molecule has 0 unspecified atom stereocenters. The summed E-state index contributed by atoms with van der Waals surface area (Å²) in [5.74, 6) is 0.532. The molecule has 0 atom stereocenters. The second-order valence-electron chi connectivity index (χ2n) is 6.51. The number of benzene rings is 3. The normalized spacial score (nSPS) is 14.5. The molecule has 0 aromatic heterocycles. The van der Waals surface area contributed by atoms with Crippen molar-refractivity contribution in [2.24, 2.45) is 0 Å². The van der Waals surface area contributed by atoms with E-state index in [1.165, 1.54) is 7.11 Å². The molecule has 0 spiro atoms. The maximum atomic E-state index is 13.5. The molecule has 5 heteroatoms. The van der Waals surface area contributed by atoms with Crippen molar-refractivity contribution in [2.75, 3.05) is 19.5 Å². The van der Waals surface area contributed by atoms with Gasteiger partial charge in [-0.2, -0.15) is 0 Å². The molecule has 0 aliphatic heterocycles. The standard InChI is InChI=1S/C23H19NO4/c1-27-16-12-13-19(20(14-16)28-2)24-23(15-8-4-3-5-9-15)21(25)17-10-6-7-11-18(17)22(23)26/h3-14,24H,1-2H3. The molecule has 0 fully saturated rings. The Morgan fingerprint density at radius 3 is 1.93 bits per heavy atom. The van der Waals surface area contributed by atoms with Crippen LogP contribution in [0.2, 0.25) is 0 Å². The van der Waals surface area contributed by atoms with Crippen molar-refractivity contribution in [2.45, 2.75) is 5.54 Å². The number of Topliss-reactive ketones (excluding diaryl/α,β-unsaturated/α-hetero) is 2. The molecule has 5 nitrogen and oxygen atoms in total. The Morgan fingerprint density at radius 2 is 1.36 bits per heavy atom. The summed E-state index contributed by atoms with van der Waals surface area (Å²) < 4.78 is 10.7. The van der Waals surface area contributed by atoms with Gasteiger partial charge in [-0.05, 0) is 17.7 Å². The zero-order valence-electron chi connectivity index (χ0n) is 15.6. The Morgan fingerprint density at radius 1 is 0.750 bits per heavy atom. The molecule has 0 bridgehead atoms. The van der Waals surface area contributed by atoms with Crippen LogP contribution in [-0.2, 0) is 5.54 Å². The molecule has 1 N–H and O–H groups in total. The highest BCUT2D eigenvalue weighted by molar-refractivity contribution is 6.34. The van der Waals surface area contributed by atoms with E-state index in [9.17, 15) is 9.59 Å². The lowest BCUT2D eigenvalue weighted by atomic mass is 9.84. The number of carbonyl (C=O) groups excluding carboxylic acids is 2. The summed E-state index contributed by atoms with van der Waals surface area (Å²) in [7, 11) is 3.09. The fraction of sp³-hybridized carbons (Fsp3) is 0.130. The van der Waals surface area contributed by atoms with Gasteiger partial charge in [0.05, 0.1) is 19.9 Å². The monoisotopic (exact) mass is 373 g/mol. The van der Waals surface area contributed by atoms with Gasteiger partial charge in [0.25, 0.3) is 0 Å². The lowest BCUT2D eigenvalue weighted by Gasteiger charge is -2.29. The highest BCUT2D eigenvalue weighted by Gasteiger charge is 2.54. The molecule has 28 heavy (non-hydrogen) atoms. The van der Waals surface area contributed by atoms with Crippen LogP contribution in [0.15, 0.2) is 72.8 Å². The number of ketones is 2. The molecule has 0 saturated carbocycles. The maximum Gasteiger partial charge on any atom is 0.201 e. The Balaban J connectivity index is 1.91. The summed E-state index contributed by atoms with van der Waals surface area (Å²) >= 11 is 0. The molecule has 1 aliphatic rings. The zero-order chi connectivity index (χ0) is 19.7. The van der Waals surface area contributed by atoms with E-state index in [0.29, 0.717) is 33.9 Å². The van der Waals surface area contributed by atoms with E-state index in [-0.39, 0.29) is 11.6 Å². The number of nitrogens with one attached hydrogen (secondary N) is 1. The smallest absolute Gasteiger partial charge is 0.201 e. The van der Waals surface area contributed by atoms with Crippen molar-refractivity contribution < 1.29 is 19.1 Å². The second-order valence-corrected chi connectivity index (χ2v) is 6.51. The van der Waals surface area contributed by atoms with E-state index in [4.69, 9.17) is 9.47 Å². The number of fused-ring (bicyclic) bond motifs is 1. The fourth-order valence-electron chi connectivity index (χ4n) is 3.63. The lowest BCUT2D eigenvalue weighted by Crippen LogP contribution is -2.46. The molecular weight excluding hydrogens is 354 g/mol. The van der Waals surface area contributed by atoms with E-state index >= 15 is 0 Å². The van der Waals surface area contributed by atoms with Crippen LogP contribution in [0.3, 0.4) is 0 Å². The van der Waals surface area contributed by atoms with E-state index in [0.717, 1.165) is 0 Å². The SMILES string of the molecule is COc1ccc(NC2(c3ccccc3)C(=O)c3ccccc3C2=O)c(OC)c1. The minimum atomic E-state index is -1.55. The number of ether oxygens (including phenoxy) is 2. The minimum Gasteiger partial charge on any atom is -0.497 e. The molecule has 0 amide bonds. The van der Waals surface area contributed by atoms with Crippen LogP contribution < -0.4 is 14.8 Å². The van der Waals surface area contributed by atoms with E-state index < -0.39 is 5.54 Å². The number of carbonyl (C=O) groups is 2. The Labute approximate surface area is 162 Å². The summed E-state index contributed by atoms with van der Waals surface area (Å²) in [6, 6.07) is 21.1. The fourth-order valence-corrected chi connectivity index (χ4v) is 3.63.